The van der Waals surface area contributed by atoms with Crippen LogP contribution in [-0.4, -0.2) is 40.1 Å². The second-order valence-corrected chi connectivity index (χ2v) is 4.80. The largest absolute Gasteiger partial charge is 0.382 e. The van der Waals surface area contributed by atoms with E-state index in [1.165, 1.54) is 0 Å². The van der Waals surface area contributed by atoms with Gasteiger partial charge in [-0.3, -0.25) is 0 Å². The Labute approximate surface area is 94.1 Å². The van der Waals surface area contributed by atoms with Crippen LogP contribution < -0.4 is 0 Å². The number of hydrogen-bond donors (Lipinski definition) is 0. The number of ether oxygens (including phenoxy) is 3. The number of hydrogen-bond acceptors (Lipinski definition) is 3. The maximum Gasteiger partial charge on any atom is 0.0701 e. The van der Waals surface area contributed by atoms with Crippen molar-refractivity contribution >= 4 is 0 Å². The van der Waals surface area contributed by atoms with E-state index >= 15 is 0 Å². The lowest BCUT2D eigenvalue weighted by Crippen LogP contribution is -2.26. The van der Waals surface area contributed by atoms with Crippen LogP contribution in [0.4, 0.5) is 0 Å². The van der Waals surface area contributed by atoms with Crippen molar-refractivity contribution in [1.29, 1.82) is 0 Å². The molecule has 92 valence electrons. The third kappa shape index (κ3) is 7.77. The van der Waals surface area contributed by atoms with Crippen molar-refractivity contribution in [2.24, 2.45) is 11.3 Å². The summed E-state index contributed by atoms with van der Waals surface area (Å²) in [6.45, 7) is 12.3. The molecule has 0 aliphatic heterocycles. The Hall–Kier alpha value is -0.120. The molecule has 0 aromatic carbocycles. The SMILES string of the molecule is COCCOCCOCC(C)(C)C(C)C. The van der Waals surface area contributed by atoms with E-state index in [9.17, 15) is 0 Å². The predicted molar refractivity (Wildman–Crippen MR) is 62.1 cm³/mol. The first-order valence-electron chi connectivity index (χ1n) is 5.65. The van der Waals surface area contributed by atoms with Crippen LogP contribution >= 0.6 is 0 Å². The van der Waals surface area contributed by atoms with Gasteiger partial charge in [-0.05, 0) is 11.3 Å². The van der Waals surface area contributed by atoms with Crippen LogP contribution in [-0.2, 0) is 14.2 Å². The minimum atomic E-state index is 0.243. The monoisotopic (exact) mass is 218 g/mol. The van der Waals surface area contributed by atoms with Crippen LogP contribution in [0.2, 0.25) is 0 Å². The van der Waals surface area contributed by atoms with Gasteiger partial charge < -0.3 is 14.2 Å². The molecule has 3 nitrogen and oxygen atoms in total. The molecule has 0 atom stereocenters. The highest BCUT2D eigenvalue weighted by Gasteiger charge is 2.22. The summed E-state index contributed by atoms with van der Waals surface area (Å²) in [7, 11) is 1.67. The van der Waals surface area contributed by atoms with E-state index in [0.29, 0.717) is 32.3 Å². The molecular formula is C12H26O3. The van der Waals surface area contributed by atoms with Gasteiger partial charge >= 0.3 is 0 Å². The lowest BCUT2D eigenvalue weighted by Gasteiger charge is -2.28. The standard InChI is InChI=1S/C12H26O3/c1-11(2)12(3,4)10-15-9-8-14-7-6-13-5/h11H,6-10H2,1-5H3. The van der Waals surface area contributed by atoms with Crippen LogP contribution in [0, 0.1) is 11.3 Å². The van der Waals surface area contributed by atoms with E-state index in [2.05, 4.69) is 27.7 Å². The van der Waals surface area contributed by atoms with E-state index < -0.39 is 0 Å². The zero-order valence-corrected chi connectivity index (χ0v) is 10.8. The Morgan fingerprint density at radius 1 is 0.933 bits per heavy atom. The molecule has 0 saturated carbocycles. The quantitative estimate of drug-likeness (QED) is 0.556. The van der Waals surface area contributed by atoms with E-state index in [0.717, 1.165) is 6.61 Å². The number of methoxy groups -OCH3 is 1. The third-order valence-corrected chi connectivity index (χ3v) is 2.84. The molecule has 0 rings (SSSR count). The Morgan fingerprint density at radius 2 is 1.47 bits per heavy atom. The fourth-order valence-electron chi connectivity index (χ4n) is 0.864. The Bertz CT molecular complexity index is 144. The Kier molecular flexibility index (Phi) is 8.02. The van der Waals surface area contributed by atoms with Crippen molar-refractivity contribution < 1.29 is 14.2 Å². The van der Waals surface area contributed by atoms with Crippen LogP contribution in [0.3, 0.4) is 0 Å². The fraction of sp³-hybridized carbons (Fsp3) is 1.00. The Balaban J connectivity index is 3.31. The molecule has 0 N–H and O–H groups in total. The van der Waals surface area contributed by atoms with Crippen molar-refractivity contribution in [2.45, 2.75) is 27.7 Å². The van der Waals surface area contributed by atoms with Gasteiger partial charge in [-0.2, -0.15) is 0 Å². The second-order valence-electron chi connectivity index (χ2n) is 4.80. The molecule has 0 heterocycles. The maximum atomic E-state index is 5.57. The Morgan fingerprint density at radius 3 is 2.00 bits per heavy atom. The number of rotatable bonds is 9. The van der Waals surface area contributed by atoms with Gasteiger partial charge in [-0.25, -0.2) is 0 Å². The van der Waals surface area contributed by atoms with Crippen molar-refractivity contribution in [2.75, 3.05) is 40.1 Å². The molecule has 0 saturated heterocycles. The van der Waals surface area contributed by atoms with Gasteiger partial charge in [0.2, 0.25) is 0 Å². The highest BCUT2D eigenvalue weighted by Crippen LogP contribution is 2.25. The summed E-state index contributed by atoms with van der Waals surface area (Å²) in [5, 5.41) is 0. The van der Waals surface area contributed by atoms with E-state index in [1.807, 2.05) is 0 Å². The highest BCUT2D eigenvalue weighted by molar-refractivity contribution is 4.71. The van der Waals surface area contributed by atoms with Crippen LogP contribution in [0.25, 0.3) is 0 Å². The molecule has 0 aromatic rings. The first-order valence-corrected chi connectivity index (χ1v) is 5.65. The summed E-state index contributed by atoms with van der Waals surface area (Å²) >= 11 is 0. The van der Waals surface area contributed by atoms with Crippen molar-refractivity contribution in [3.8, 4) is 0 Å². The molecule has 0 aliphatic carbocycles. The summed E-state index contributed by atoms with van der Waals surface area (Å²) in [5.41, 5.74) is 0.243. The summed E-state index contributed by atoms with van der Waals surface area (Å²) in [6.07, 6.45) is 0. The highest BCUT2D eigenvalue weighted by atomic mass is 16.5. The van der Waals surface area contributed by atoms with E-state index in [1.54, 1.807) is 7.11 Å². The van der Waals surface area contributed by atoms with Crippen molar-refractivity contribution in [3.63, 3.8) is 0 Å². The molecule has 0 aromatic heterocycles. The van der Waals surface area contributed by atoms with Crippen molar-refractivity contribution in [3.05, 3.63) is 0 Å². The van der Waals surface area contributed by atoms with Crippen LogP contribution in [0.5, 0.6) is 0 Å². The van der Waals surface area contributed by atoms with Gasteiger partial charge in [0, 0.05) is 7.11 Å². The van der Waals surface area contributed by atoms with Gasteiger partial charge in [0.15, 0.2) is 0 Å². The summed E-state index contributed by atoms with van der Waals surface area (Å²) in [4.78, 5) is 0. The zero-order valence-electron chi connectivity index (χ0n) is 10.8. The normalized spacial score (nSPS) is 12.4. The molecule has 0 fully saturated rings. The zero-order chi connectivity index (χ0) is 11.7. The second kappa shape index (κ2) is 8.08. The molecule has 15 heavy (non-hydrogen) atoms. The van der Waals surface area contributed by atoms with Gasteiger partial charge in [-0.15, -0.1) is 0 Å². The summed E-state index contributed by atoms with van der Waals surface area (Å²) < 4.78 is 15.7. The van der Waals surface area contributed by atoms with Gasteiger partial charge in [0.05, 0.1) is 33.0 Å². The minimum absolute atomic E-state index is 0.243. The van der Waals surface area contributed by atoms with E-state index in [4.69, 9.17) is 14.2 Å². The third-order valence-electron chi connectivity index (χ3n) is 2.84. The molecule has 0 radical (unpaired) electrons. The lowest BCUT2D eigenvalue weighted by molar-refractivity contribution is -0.00798. The lowest BCUT2D eigenvalue weighted by atomic mass is 9.82. The fourth-order valence-corrected chi connectivity index (χ4v) is 0.864. The van der Waals surface area contributed by atoms with Gasteiger partial charge in [-0.1, -0.05) is 27.7 Å². The average Bonchev–Trinajstić information content (AvgIpc) is 2.16. The topological polar surface area (TPSA) is 27.7 Å². The average molecular weight is 218 g/mol. The first kappa shape index (κ1) is 14.9. The molecule has 0 amide bonds. The van der Waals surface area contributed by atoms with Gasteiger partial charge in [0.1, 0.15) is 0 Å². The molecule has 0 spiro atoms. The minimum Gasteiger partial charge on any atom is -0.382 e. The molecule has 3 heteroatoms. The molecule has 0 unspecified atom stereocenters. The molecule has 0 bridgehead atoms. The van der Waals surface area contributed by atoms with E-state index in [-0.39, 0.29) is 5.41 Å². The molecular weight excluding hydrogens is 192 g/mol. The van der Waals surface area contributed by atoms with Gasteiger partial charge in [0.25, 0.3) is 0 Å². The maximum absolute atomic E-state index is 5.57. The van der Waals surface area contributed by atoms with Crippen LogP contribution in [0.15, 0.2) is 0 Å². The first-order chi connectivity index (χ1) is 7.00. The van der Waals surface area contributed by atoms with Crippen molar-refractivity contribution in [1.82, 2.24) is 0 Å². The van der Waals surface area contributed by atoms with Crippen LogP contribution in [0.1, 0.15) is 27.7 Å². The predicted octanol–water partition coefficient (Wildman–Crippen LogP) is 2.35. The smallest absolute Gasteiger partial charge is 0.0701 e. The summed E-state index contributed by atoms with van der Waals surface area (Å²) in [5.74, 6) is 0.631. The summed E-state index contributed by atoms with van der Waals surface area (Å²) in [6, 6.07) is 0. The molecule has 0 aliphatic rings.